The zero-order valence-electron chi connectivity index (χ0n) is 37.5. The SMILES string of the molecule is CCCCC/C=C\C=C/CCCCCCCCC(=O)NC(COP(=O)([O-])OCC[N+](C)(C)C)C(O)/C=C/CC/C=C/CC/C=C/CCCCCCCCCCCC. The van der Waals surface area contributed by atoms with Gasteiger partial charge in [-0.2, -0.15) is 0 Å². The third-order valence-electron chi connectivity index (χ3n) is 9.96. The minimum atomic E-state index is -4.61. The van der Waals surface area contributed by atoms with Gasteiger partial charge in [0.15, 0.2) is 0 Å². The number of rotatable bonds is 41. The Hall–Kier alpha value is -1.80. The second-order valence-corrected chi connectivity index (χ2v) is 18.2. The predicted molar refractivity (Wildman–Crippen MR) is 242 cm³/mol. The van der Waals surface area contributed by atoms with Crippen molar-refractivity contribution < 1.29 is 32.9 Å². The van der Waals surface area contributed by atoms with Gasteiger partial charge in [0, 0.05) is 6.42 Å². The predicted octanol–water partition coefficient (Wildman–Crippen LogP) is 12.4. The maximum Gasteiger partial charge on any atom is 0.268 e. The molecule has 0 rings (SSSR count). The normalized spacial score (nSPS) is 14.9. The topological polar surface area (TPSA) is 108 Å². The van der Waals surface area contributed by atoms with Gasteiger partial charge in [0.05, 0.1) is 39.9 Å². The molecule has 3 unspecified atom stereocenters. The number of nitrogens with zero attached hydrogens (tertiary/aromatic N) is 1. The second kappa shape index (κ2) is 39.6. The van der Waals surface area contributed by atoms with Crippen molar-refractivity contribution in [3.8, 4) is 0 Å². The maximum absolute atomic E-state index is 12.8. The van der Waals surface area contributed by atoms with Crippen LogP contribution in [0.2, 0.25) is 0 Å². The second-order valence-electron chi connectivity index (χ2n) is 16.8. The number of carbonyl (C=O) groups excluding carboxylic acids is 1. The first-order valence-electron chi connectivity index (χ1n) is 23.2. The number of unbranched alkanes of at least 4 members (excludes halogenated alkanes) is 21. The Morgan fingerprint density at radius 2 is 1.04 bits per heavy atom. The van der Waals surface area contributed by atoms with Gasteiger partial charge < -0.3 is 28.8 Å². The van der Waals surface area contributed by atoms with Crippen LogP contribution >= 0.6 is 7.82 Å². The Bertz CT molecular complexity index is 1110. The van der Waals surface area contributed by atoms with Crippen LogP contribution in [0, 0.1) is 0 Å². The number of phosphoric acid groups is 1. The Labute approximate surface area is 351 Å². The monoisotopic (exact) mass is 821 g/mol. The van der Waals surface area contributed by atoms with Gasteiger partial charge in [-0.25, -0.2) is 0 Å². The number of nitrogens with one attached hydrogen (secondary N) is 1. The van der Waals surface area contributed by atoms with Gasteiger partial charge in [0.2, 0.25) is 5.91 Å². The van der Waals surface area contributed by atoms with Crippen LogP contribution in [0.1, 0.15) is 187 Å². The third-order valence-corrected chi connectivity index (χ3v) is 10.9. The highest BCUT2D eigenvalue weighted by atomic mass is 31.2. The molecule has 0 aromatic rings. The summed E-state index contributed by atoms with van der Waals surface area (Å²) in [5.74, 6) is -0.226. The molecule has 0 radical (unpaired) electrons. The highest BCUT2D eigenvalue weighted by Crippen LogP contribution is 2.38. The number of carbonyl (C=O) groups is 1. The van der Waals surface area contributed by atoms with E-state index >= 15 is 0 Å². The van der Waals surface area contributed by atoms with Crippen molar-refractivity contribution in [2.45, 2.75) is 199 Å². The number of allylic oxidation sites excluding steroid dienone is 9. The molecule has 0 saturated heterocycles. The zero-order valence-corrected chi connectivity index (χ0v) is 38.4. The van der Waals surface area contributed by atoms with Gasteiger partial charge in [-0.05, 0) is 70.6 Å². The molecule has 8 nitrogen and oxygen atoms in total. The summed E-state index contributed by atoms with van der Waals surface area (Å²) in [4.78, 5) is 25.3. The average Bonchev–Trinajstić information content (AvgIpc) is 3.16. The van der Waals surface area contributed by atoms with Crippen molar-refractivity contribution in [3.63, 3.8) is 0 Å². The molecule has 3 atom stereocenters. The van der Waals surface area contributed by atoms with E-state index in [1.807, 2.05) is 27.2 Å². The first-order valence-corrected chi connectivity index (χ1v) is 24.6. The molecular weight excluding hydrogens is 732 g/mol. The summed E-state index contributed by atoms with van der Waals surface area (Å²) in [7, 11) is 1.22. The molecule has 0 fully saturated rings. The van der Waals surface area contributed by atoms with Gasteiger partial charge >= 0.3 is 0 Å². The van der Waals surface area contributed by atoms with Gasteiger partial charge in [0.1, 0.15) is 13.2 Å². The number of quaternary nitrogens is 1. The molecule has 0 spiro atoms. The van der Waals surface area contributed by atoms with Crippen molar-refractivity contribution in [1.82, 2.24) is 5.32 Å². The number of hydrogen-bond acceptors (Lipinski definition) is 6. The van der Waals surface area contributed by atoms with E-state index < -0.39 is 26.6 Å². The highest BCUT2D eigenvalue weighted by Gasteiger charge is 2.23. The Kier molecular flexibility index (Phi) is 38.4. The molecule has 1 amide bonds. The van der Waals surface area contributed by atoms with Gasteiger partial charge in [-0.3, -0.25) is 9.36 Å². The van der Waals surface area contributed by atoms with E-state index in [-0.39, 0.29) is 12.5 Å². The van der Waals surface area contributed by atoms with E-state index in [4.69, 9.17) is 9.05 Å². The van der Waals surface area contributed by atoms with E-state index in [1.165, 1.54) is 103 Å². The largest absolute Gasteiger partial charge is 0.756 e. The van der Waals surface area contributed by atoms with E-state index in [1.54, 1.807) is 6.08 Å². The fraction of sp³-hybridized carbons (Fsp3) is 0.771. The number of likely N-dealkylation sites (N-methyl/N-ethyl adjacent to an activating group) is 1. The summed E-state index contributed by atoms with van der Waals surface area (Å²) in [6.45, 7) is 4.56. The molecule has 332 valence electrons. The Balaban J connectivity index is 4.51. The lowest BCUT2D eigenvalue weighted by molar-refractivity contribution is -0.870. The van der Waals surface area contributed by atoms with Crippen molar-refractivity contribution >= 4 is 13.7 Å². The molecule has 9 heteroatoms. The summed E-state index contributed by atoms with van der Waals surface area (Å²) < 4.78 is 23.2. The standard InChI is InChI=1S/C48H89N2O6P/c1-6-8-10-12-14-16-18-20-22-23-24-25-26-28-29-31-33-35-37-39-41-47(51)46(45-56-57(53,54)55-44-43-50(3,4)5)49-48(52)42-40-38-36-34-32-30-27-21-19-17-15-13-11-9-7-2/h15,17,19,21,25-26,31,33,39,41,46-47,51H,6-14,16,18,20,22-24,27-30,32,34-38,40,42-45H2,1-5H3,(H-,49,52,53,54)/b17-15-,21-19-,26-25+,33-31+,41-39+. The van der Waals surface area contributed by atoms with E-state index in [0.29, 0.717) is 17.4 Å². The summed E-state index contributed by atoms with van der Waals surface area (Å²) in [6, 6.07) is -0.917. The van der Waals surface area contributed by atoms with Crippen LogP contribution in [0.3, 0.4) is 0 Å². The molecule has 0 aromatic carbocycles. The Morgan fingerprint density at radius 3 is 1.56 bits per heavy atom. The van der Waals surface area contributed by atoms with Crippen molar-refractivity contribution in [1.29, 1.82) is 0 Å². The minimum Gasteiger partial charge on any atom is -0.756 e. The van der Waals surface area contributed by atoms with Crippen LogP contribution < -0.4 is 10.2 Å². The van der Waals surface area contributed by atoms with Crippen LogP contribution in [0.15, 0.2) is 60.8 Å². The van der Waals surface area contributed by atoms with Crippen molar-refractivity contribution in [3.05, 3.63) is 60.8 Å². The van der Waals surface area contributed by atoms with Gasteiger partial charge in [-0.15, -0.1) is 0 Å². The van der Waals surface area contributed by atoms with E-state index in [9.17, 15) is 19.4 Å². The summed E-state index contributed by atoms with van der Waals surface area (Å²) in [5.41, 5.74) is 0. The lowest BCUT2D eigenvalue weighted by atomic mass is 10.1. The third kappa shape index (κ3) is 42.1. The van der Waals surface area contributed by atoms with Gasteiger partial charge in [0.25, 0.3) is 7.82 Å². The van der Waals surface area contributed by atoms with Gasteiger partial charge in [-0.1, -0.05) is 171 Å². The van der Waals surface area contributed by atoms with Crippen LogP contribution in [0.4, 0.5) is 0 Å². The molecule has 0 bridgehead atoms. The summed E-state index contributed by atoms with van der Waals surface area (Å²) in [5, 5.41) is 13.8. The first kappa shape index (κ1) is 55.2. The fourth-order valence-corrected chi connectivity index (χ4v) is 6.96. The zero-order chi connectivity index (χ0) is 42.1. The Morgan fingerprint density at radius 1 is 0.614 bits per heavy atom. The van der Waals surface area contributed by atoms with E-state index in [2.05, 4.69) is 67.8 Å². The van der Waals surface area contributed by atoms with Crippen LogP contribution in [0.5, 0.6) is 0 Å². The number of aliphatic hydroxyl groups is 1. The number of aliphatic hydroxyl groups excluding tert-OH is 1. The quantitative estimate of drug-likeness (QED) is 0.0209. The maximum atomic E-state index is 12.8. The molecule has 0 saturated carbocycles. The molecular formula is C48H89N2O6P. The molecule has 57 heavy (non-hydrogen) atoms. The lowest BCUT2D eigenvalue weighted by Gasteiger charge is -2.29. The average molecular weight is 821 g/mol. The molecule has 0 aromatic heterocycles. The van der Waals surface area contributed by atoms with Crippen molar-refractivity contribution in [2.75, 3.05) is 40.9 Å². The molecule has 2 N–H and O–H groups in total. The number of amides is 1. The molecule has 0 aliphatic heterocycles. The van der Waals surface area contributed by atoms with Crippen LogP contribution in [-0.2, 0) is 18.4 Å². The fourth-order valence-electron chi connectivity index (χ4n) is 6.23. The minimum absolute atomic E-state index is 0.0137. The summed E-state index contributed by atoms with van der Waals surface area (Å²) in [6.07, 6.45) is 51.3. The molecule has 0 heterocycles. The van der Waals surface area contributed by atoms with Crippen LogP contribution in [0.25, 0.3) is 0 Å². The number of hydrogen-bond donors (Lipinski definition) is 2. The molecule has 0 aliphatic carbocycles. The highest BCUT2D eigenvalue weighted by molar-refractivity contribution is 7.45. The van der Waals surface area contributed by atoms with E-state index in [0.717, 1.165) is 64.2 Å². The van der Waals surface area contributed by atoms with Crippen LogP contribution in [-0.4, -0.2) is 68.5 Å². The summed E-state index contributed by atoms with van der Waals surface area (Å²) >= 11 is 0. The van der Waals surface area contributed by atoms with Crippen molar-refractivity contribution in [2.24, 2.45) is 0 Å². The lowest BCUT2D eigenvalue weighted by Crippen LogP contribution is -2.45. The first-order chi connectivity index (χ1) is 27.5. The smallest absolute Gasteiger partial charge is 0.268 e. The number of phosphoric ester groups is 1. The molecule has 0 aliphatic rings.